The number of hydrogen-bond donors (Lipinski definition) is 7. The first-order valence-corrected chi connectivity index (χ1v) is 22.5. The Bertz CT molecular complexity index is 1630. The zero-order chi connectivity index (χ0) is 43.9. The molecule has 62 heavy (non-hydrogen) atoms. The molecule has 4 bridgehead atoms. The van der Waals surface area contributed by atoms with Gasteiger partial charge in [0, 0.05) is 12.8 Å². The fraction of sp³-hybridized carbons (Fsp3) is 0.909. The maximum Gasteiger partial charge on any atom is 1.00 e. The van der Waals surface area contributed by atoms with Gasteiger partial charge < -0.3 is 78.8 Å². The third-order valence-corrected chi connectivity index (χ3v) is 16.2. The van der Waals surface area contributed by atoms with E-state index >= 15 is 0 Å². The van der Waals surface area contributed by atoms with Gasteiger partial charge in [0.15, 0.2) is 18.9 Å². The first-order chi connectivity index (χ1) is 28.8. The van der Waals surface area contributed by atoms with Crippen molar-refractivity contribution in [3.8, 4) is 0 Å². The number of carbonyl (C=O) groups excluding carboxylic acids is 2. The van der Waals surface area contributed by atoms with Crippen LogP contribution in [0, 0.1) is 46.3 Å². The molecule has 0 spiro atoms. The normalized spacial score (nSPS) is 51.0. The summed E-state index contributed by atoms with van der Waals surface area (Å²) in [6.45, 7) is 10.4. The number of carboxylic acid groups (broad SMARTS) is 1. The van der Waals surface area contributed by atoms with Gasteiger partial charge in [0.25, 0.3) is 0 Å². The van der Waals surface area contributed by atoms with Crippen LogP contribution in [0.3, 0.4) is 0 Å². The molecule has 0 amide bonds. The number of aliphatic hydroxyl groups excluding tert-OH is 7. The third kappa shape index (κ3) is 8.93. The first kappa shape index (κ1) is 49.2. The summed E-state index contributed by atoms with van der Waals surface area (Å²) < 4.78 is 43.0. The SMILES string of the molecule is CC(C)CC(=O)CC(C)C1CC[C@H]2C3=C[C@H]4OCC5OC(OC6C(OCC(O)C6O)OC6C(OC(C(=O)[O-])C(O)C6O)O[C@H]6CC[C@](C)(C3CC[C@]12C)[C@@H]4C6)C(O)C(O)C5O.[Na+]. The van der Waals surface area contributed by atoms with Crippen LogP contribution in [-0.4, -0.2) is 159 Å². The quantitative estimate of drug-likeness (QED) is 0.101. The van der Waals surface area contributed by atoms with Crippen LogP contribution < -0.4 is 34.7 Å². The number of aliphatic carboxylic acids is 1. The van der Waals surface area contributed by atoms with Crippen molar-refractivity contribution in [2.45, 2.75) is 191 Å². The minimum absolute atomic E-state index is 0. The average molecular weight is 891 g/mol. The van der Waals surface area contributed by atoms with Crippen LogP contribution in [-0.2, 0) is 42.7 Å². The minimum Gasteiger partial charge on any atom is -0.547 e. The molecule has 0 aromatic carbocycles. The van der Waals surface area contributed by atoms with Crippen LogP contribution in [0.2, 0.25) is 0 Å². The molecule has 0 aromatic heterocycles. The Balaban J connectivity index is 0.00000578. The second-order valence-corrected chi connectivity index (χ2v) is 20.5. The van der Waals surface area contributed by atoms with Crippen molar-refractivity contribution < 1.29 is 113 Å². The fourth-order valence-corrected chi connectivity index (χ4v) is 13.0. The number of allylic oxidation sites excluding steroid dienone is 1. The number of aliphatic hydroxyl groups is 7. The molecule has 0 aromatic rings. The number of carboxylic acids is 1. The Morgan fingerprint density at radius 2 is 1.39 bits per heavy atom. The van der Waals surface area contributed by atoms with Gasteiger partial charge in [-0.05, 0) is 91.3 Å². The monoisotopic (exact) mass is 890 g/mol. The first-order valence-electron chi connectivity index (χ1n) is 22.5. The van der Waals surface area contributed by atoms with E-state index in [0.29, 0.717) is 49.7 Å². The molecule has 17 unspecified atom stereocenters. The van der Waals surface area contributed by atoms with Crippen LogP contribution in [0.4, 0.5) is 0 Å². The zero-order valence-corrected chi connectivity index (χ0v) is 38.8. The van der Waals surface area contributed by atoms with Crippen LogP contribution in [0.15, 0.2) is 11.6 Å². The number of Topliss-reactive ketones (excluding diaryl/α,β-unsaturated/α-hetero) is 1. The minimum atomic E-state index is -2.02. The molecule has 7 fully saturated rings. The molecule has 23 atom stereocenters. The third-order valence-electron chi connectivity index (χ3n) is 16.2. The van der Waals surface area contributed by atoms with Gasteiger partial charge in [-0.2, -0.15) is 0 Å². The molecule has 8 rings (SSSR count). The average Bonchev–Trinajstić information content (AvgIpc) is 3.56. The summed E-state index contributed by atoms with van der Waals surface area (Å²) in [5.41, 5.74) is 1.02. The van der Waals surface area contributed by atoms with Gasteiger partial charge in [-0.3, -0.25) is 4.79 Å². The number of fused-ring (bicyclic) bond motifs is 9. The second-order valence-electron chi connectivity index (χ2n) is 20.5. The molecule has 0 radical (unpaired) electrons. The summed E-state index contributed by atoms with van der Waals surface area (Å²) in [4.78, 5) is 25.2. The zero-order valence-electron chi connectivity index (χ0n) is 36.8. The number of carbonyl (C=O) groups is 2. The summed E-state index contributed by atoms with van der Waals surface area (Å²) in [5.74, 6) is -0.245. The molecular weight excluding hydrogens is 823 g/mol. The fourth-order valence-electron chi connectivity index (χ4n) is 13.0. The summed E-state index contributed by atoms with van der Waals surface area (Å²) >= 11 is 0. The number of ether oxygens (including phenoxy) is 7. The Morgan fingerprint density at radius 3 is 2.10 bits per heavy atom. The summed E-state index contributed by atoms with van der Waals surface area (Å²) in [6.07, 6.45) is -16.0. The molecular formula is C44H67NaO17. The molecule has 7 N–H and O–H groups in total. The van der Waals surface area contributed by atoms with E-state index in [4.69, 9.17) is 33.2 Å². The van der Waals surface area contributed by atoms with Crippen LogP contribution in [0.1, 0.15) is 92.4 Å². The topological polar surface area (TPSA) is 263 Å². The molecule has 18 heteroatoms. The Labute approximate surface area is 385 Å². The molecule has 346 valence electrons. The summed E-state index contributed by atoms with van der Waals surface area (Å²) in [7, 11) is 0. The van der Waals surface area contributed by atoms with Gasteiger partial charge in [0.05, 0.1) is 31.4 Å². The molecule has 4 aliphatic carbocycles. The molecule has 4 saturated heterocycles. The maximum absolute atomic E-state index is 13.0. The number of ketones is 1. The van der Waals surface area contributed by atoms with Crippen molar-refractivity contribution in [1.29, 1.82) is 0 Å². The van der Waals surface area contributed by atoms with E-state index < -0.39 is 111 Å². The van der Waals surface area contributed by atoms with Crippen molar-refractivity contribution in [2.24, 2.45) is 46.3 Å². The smallest absolute Gasteiger partial charge is 0.547 e. The van der Waals surface area contributed by atoms with E-state index in [1.54, 1.807) is 0 Å². The van der Waals surface area contributed by atoms with E-state index in [0.717, 1.165) is 25.7 Å². The Kier molecular flexibility index (Phi) is 15.2. The van der Waals surface area contributed by atoms with E-state index in [1.807, 2.05) is 0 Å². The van der Waals surface area contributed by atoms with Crippen molar-refractivity contribution in [2.75, 3.05) is 13.2 Å². The molecule has 3 saturated carbocycles. The van der Waals surface area contributed by atoms with E-state index in [2.05, 4.69) is 40.7 Å². The van der Waals surface area contributed by atoms with E-state index in [9.17, 15) is 50.4 Å². The molecule has 4 heterocycles. The van der Waals surface area contributed by atoms with E-state index in [-0.39, 0.29) is 70.7 Å². The van der Waals surface area contributed by atoms with Gasteiger partial charge in [0.1, 0.15) is 72.9 Å². The number of hydrogen-bond acceptors (Lipinski definition) is 17. The van der Waals surface area contributed by atoms with Gasteiger partial charge in [-0.15, -0.1) is 0 Å². The number of rotatable bonds is 6. The van der Waals surface area contributed by atoms with Crippen molar-refractivity contribution in [3.63, 3.8) is 0 Å². The van der Waals surface area contributed by atoms with Crippen molar-refractivity contribution >= 4 is 11.8 Å². The van der Waals surface area contributed by atoms with Crippen LogP contribution in [0.25, 0.3) is 0 Å². The largest absolute Gasteiger partial charge is 1.00 e. The predicted molar refractivity (Wildman–Crippen MR) is 207 cm³/mol. The summed E-state index contributed by atoms with van der Waals surface area (Å²) in [5, 5.41) is 89.5. The Morgan fingerprint density at radius 1 is 0.710 bits per heavy atom. The van der Waals surface area contributed by atoms with E-state index in [1.165, 1.54) is 5.57 Å². The molecule has 17 nitrogen and oxygen atoms in total. The standard InChI is InChI=1S/C44H68O17.Na/c1-18(2)12-20(45)13-19(3)23-6-7-24-22-15-28-26-14-21(8-10-44(26,5)25(22)9-11-43(23,24)4)57-42-38(34(51)33(50)36(59-42)39(53)54)61-41-37(30(47)27(46)16-56-41)60-40-35(52)32(49)31(48)29(58-40)17-55-28;/h15,18-19,21,23-38,40-42,46-52H,6-14,16-17H2,1-5H3,(H,53,54);/q;+1/p-1/t19?,21-,23?,24-,25?,26+,27?,28+,29?,30?,31?,32?,33?,34?,35?,36?,37?,38?,40?,41?,42?,43+,44+;/m0./s1. The van der Waals surface area contributed by atoms with Crippen LogP contribution in [0.5, 0.6) is 0 Å². The van der Waals surface area contributed by atoms with Gasteiger partial charge in [-0.1, -0.05) is 46.3 Å². The van der Waals surface area contributed by atoms with Gasteiger partial charge in [0.2, 0.25) is 0 Å². The molecule has 8 aliphatic rings. The summed E-state index contributed by atoms with van der Waals surface area (Å²) in [6, 6.07) is 0. The second kappa shape index (κ2) is 19.1. The van der Waals surface area contributed by atoms with Crippen LogP contribution >= 0.6 is 0 Å². The van der Waals surface area contributed by atoms with Gasteiger partial charge >= 0.3 is 29.6 Å². The Hall–Kier alpha value is -0.680. The van der Waals surface area contributed by atoms with Crippen molar-refractivity contribution in [3.05, 3.63) is 11.6 Å². The molecule has 4 aliphatic heterocycles. The van der Waals surface area contributed by atoms with Gasteiger partial charge in [-0.25, -0.2) is 0 Å². The predicted octanol–water partition coefficient (Wildman–Crippen LogP) is -3.54. The maximum atomic E-state index is 13.0. The van der Waals surface area contributed by atoms with Crippen molar-refractivity contribution in [1.82, 2.24) is 0 Å².